The highest BCUT2D eigenvalue weighted by molar-refractivity contribution is 5.94. The van der Waals surface area contributed by atoms with Crippen molar-refractivity contribution in [3.8, 4) is 0 Å². The smallest absolute Gasteiger partial charge is 0.307 e. The van der Waals surface area contributed by atoms with Crippen LogP contribution >= 0.6 is 0 Å². The van der Waals surface area contributed by atoms with Gasteiger partial charge in [-0.3, -0.25) is 14.4 Å². The molecule has 3 atom stereocenters. The summed E-state index contributed by atoms with van der Waals surface area (Å²) in [6, 6.07) is 9.05. The van der Waals surface area contributed by atoms with Crippen LogP contribution in [0.25, 0.3) is 0 Å². The predicted octanol–water partition coefficient (Wildman–Crippen LogP) is 1.38. The summed E-state index contributed by atoms with van der Waals surface area (Å²) >= 11 is 0. The second kappa shape index (κ2) is 7.03. The van der Waals surface area contributed by atoms with Crippen molar-refractivity contribution < 1.29 is 19.5 Å². The van der Waals surface area contributed by atoms with E-state index in [0.717, 1.165) is 12.8 Å². The SMILES string of the molecule is O=C(NCC1CCCN(C(=O)C2CC2C(=O)O)C1)c1ccccc1. The lowest BCUT2D eigenvalue weighted by Gasteiger charge is -2.33. The average molecular weight is 330 g/mol. The Labute approximate surface area is 140 Å². The minimum Gasteiger partial charge on any atom is -0.481 e. The molecule has 2 N–H and O–H groups in total. The zero-order chi connectivity index (χ0) is 17.1. The fourth-order valence-electron chi connectivity index (χ4n) is 3.34. The molecule has 2 amide bonds. The summed E-state index contributed by atoms with van der Waals surface area (Å²) < 4.78 is 0. The van der Waals surface area contributed by atoms with Crippen molar-refractivity contribution in [3.63, 3.8) is 0 Å². The Balaban J connectivity index is 1.48. The molecule has 1 saturated heterocycles. The van der Waals surface area contributed by atoms with Gasteiger partial charge in [0.2, 0.25) is 5.91 Å². The normalized spacial score (nSPS) is 25.8. The molecule has 3 unspecified atom stereocenters. The molecule has 1 aromatic rings. The predicted molar refractivity (Wildman–Crippen MR) is 87.3 cm³/mol. The summed E-state index contributed by atoms with van der Waals surface area (Å²) in [5.41, 5.74) is 0.628. The van der Waals surface area contributed by atoms with E-state index in [9.17, 15) is 14.4 Å². The van der Waals surface area contributed by atoms with Crippen LogP contribution in [0.1, 0.15) is 29.6 Å². The summed E-state index contributed by atoms with van der Waals surface area (Å²) in [6.45, 7) is 1.81. The molecular weight excluding hydrogens is 308 g/mol. The minimum absolute atomic E-state index is 0.0403. The summed E-state index contributed by atoms with van der Waals surface area (Å²) in [6.07, 6.45) is 2.31. The number of carboxylic acids is 1. The molecule has 0 spiro atoms. The number of hydrogen-bond donors (Lipinski definition) is 2. The summed E-state index contributed by atoms with van der Waals surface area (Å²) in [4.78, 5) is 37.1. The number of benzene rings is 1. The van der Waals surface area contributed by atoms with Gasteiger partial charge in [0.05, 0.1) is 11.8 Å². The number of amides is 2. The molecule has 1 aliphatic carbocycles. The van der Waals surface area contributed by atoms with E-state index in [-0.39, 0.29) is 23.7 Å². The van der Waals surface area contributed by atoms with Crippen molar-refractivity contribution in [1.29, 1.82) is 0 Å². The van der Waals surface area contributed by atoms with E-state index in [1.54, 1.807) is 17.0 Å². The summed E-state index contributed by atoms with van der Waals surface area (Å²) in [7, 11) is 0. The van der Waals surface area contributed by atoms with E-state index in [1.165, 1.54) is 0 Å². The van der Waals surface area contributed by atoms with Crippen molar-refractivity contribution >= 4 is 17.8 Å². The number of nitrogens with one attached hydrogen (secondary N) is 1. The maximum atomic E-state index is 12.4. The van der Waals surface area contributed by atoms with Gasteiger partial charge in [0.15, 0.2) is 0 Å². The molecule has 1 heterocycles. The van der Waals surface area contributed by atoms with Crippen LogP contribution in [0.4, 0.5) is 0 Å². The number of carbonyl (C=O) groups excluding carboxylic acids is 2. The fraction of sp³-hybridized carbons (Fsp3) is 0.500. The molecule has 128 valence electrons. The van der Waals surface area contributed by atoms with Crippen molar-refractivity contribution in [2.75, 3.05) is 19.6 Å². The molecule has 2 fully saturated rings. The number of likely N-dealkylation sites (tertiary alicyclic amines) is 1. The number of nitrogens with zero attached hydrogens (tertiary/aromatic N) is 1. The lowest BCUT2D eigenvalue weighted by atomic mass is 9.97. The molecule has 1 saturated carbocycles. The van der Waals surface area contributed by atoms with Crippen LogP contribution < -0.4 is 5.32 Å². The monoisotopic (exact) mass is 330 g/mol. The van der Waals surface area contributed by atoms with Gasteiger partial charge in [0.25, 0.3) is 5.91 Å². The highest BCUT2D eigenvalue weighted by Gasteiger charge is 2.50. The molecular formula is C18H22N2O4. The first-order valence-electron chi connectivity index (χ1n) is 8.41. The first-order chi connectivity index (χ1) is 11.6. The van der Waals surface area contributed by atoms with Gasteiger partial charge in [0.1, 0.15) is 0 Å². The largest absolute Gasteiger partial charge is 0.481 e. The van der Waals surface area contributed by atoms with Gasteiger partial charge in [-0.2, -0.15) is 0 Å². The average Bonchev–Trinajstić information content (AvgIpc) is 3.41. The Morgan fingerprint density at radius 2 is 1.92 bits per heavy atom. The molecule has 24 heavy (non-hydrogen) atoms. The third-order valence-electron chi connectivity index (χ3n) is 4.84. The van der Waals surface area contributed by atoms with Crippen molar-refractivity contribution in [3.05, 3.63) is 35.9 Å². The van der Waals surface area contributed by atoms with E-state index in [0.29, 0.717) is 31.6 Å². The van der Waals surface area contributed by atoms with Gasteiger partial charge in [0, 0.05) is 25.2 Å². The quantitative estimate of drug-likeness (QED) is 0.854. The zero-order valence-corrected chi connectivity index (χ0v) is 13.5. The lowest BCUT2D eigenvalue weighted by molar-refractivity contribution is -0.142. The van der Waals surface area contributed by atoms with Crippen molar-refractivity contribution in [1.82, 2.24) is 10.2 Å². The van der Waals surface area contributed by atoms with Gasteiger partial charge in [-0.1, -0.05) is 18.2 Å². The van der Waals surface area contributed by atoms with E-state index >= 15 is 0 Å². The molecule has 0 aromatic heterocycles. The number of rotatable bonds is 5. The van der Waals surface area contributed by atoms with Gasteiger partial charge in [-0.15, -0.1) is 0 Å². The van der Waals surface area contributed by atoms with Crippen molar-refractivity contribution in [2.45, 2.75) is 19.3 Å². The van der Waals surface area contributed by atoms with E-state index in [2.05, 4.69) is 5.32 Å². The Kier molecular flexibility index (Phi) is 4.83. The Morgan fingerprint density at radius 3 is 2.58 bits per heavy atom. The number of carboxylic acid groups (broad SMARTS) is 1. The van der Waals surface area contributed by atoms with Gasteiger partial charge in [-0.05, 0) is 37.3 Å². The van der Waals surface area contributed by atoms with Gasteiger partial charge in [-0.25, -0.2) is 0 Å². The minimum atomic E-state index is -0.878. The molecule has 6 nitrogen and oxygen atoms in total. The van der Waals surface area contributed by atoms with Crippen LogP contribution in [0.15, 0.2) is 30.3 Å². The van der Waals surface area contributed by atoms with Crippen LogP contribution in [0.3, 0.4) is 0 Å². The molecule has 0 radical (unpaired) electrons. The van der Waals surface area contributed by atoms with Crippen LogP contribution in [-0.4, -0.2) is 47.4 Å². The first-order valence-corrected chi connectivity index (χ1v) is 8.41. The molecule has 6 heteroatoms. The van der Waals surface area contributed by atoms with E-state index in [4.69, 9.17) is 5.11 Å². The van der Waals surface area contributed by atoms with Crippen molar-refractivity contribution in [2.24, 2.45) is 17.8 Å². The van der Waals surface area contributed by atoms with Crippen LogP contribution in [-0.2, 0) is 9.59 Å². The highest BCUT2D eigenvalue weighted by atomic mass is 16.4. The first kappa shape index (κ1) is 16.5. The topological polar surface area (TPSA) is 86.7 Å². The molecule has 1 aliphatic heterocycles. The van der Waals surface area contributed by atoms with E-state index < -0.39 is 11.9 Å². The maximum Gasteiger partial charge on any atom is 0.307 e. The van der Waals surface area contributed by atoms with Gasteiger partial charge >= 0.3 is 5.97 Å². The third kappa shape index (κ3) is 3.75. The standard InChI is InChI=1S/C18H22N2O4/c21-16(13-6-2-1-3-7-13)19-10-12-5-4-8-20(11-12)17(22)14-9-15(14)18(23)24/h1-3,6-7,12,14-15H,4-5,8-11H2,(H,19,21)(H,23,24). The maximum absolute atomic E-state index is 12.4. The number of aliphatic carboxylic acids is 1. The lowest BCUT2D eigenvalue weighted by Crippen LogP contribution is -2.44. The Bertz CT molecular complexity index is 631. The molecule has 3 rings (SSSR count). The Hall–Kier alpha value is -2.37. The van der Waals surface area contributed by atoms with Gasteiger partial charge < -0.3 is 15.3 Å². The Morgan fingerprint density at radius 1 is 1.17 bits per heavy atom. The molecule has 0 bridgehead atoms. The highest BCUT2D eigenvalue weighted by Crippen LogP contribution is 2.40. The second-order valence-electron chi connectivity index (χ2n) is 6.66. The number of piperidine rings is 1. The number of hydrogen-bond acceptors (Lipinski definition) is 3. The van der Waals surface area contributed by atoms with Crippen LogP contribution in [0.5, 0.6) is 0 Å². The van der Waals surface area contributed by atoms with E-state index in [1.807, 2.05) is 18.2 Å². The second-order valence-corrected chi connectivity index (χ2v) is 6.66. The third-order valence-corrected chi connectivity index (χ3v) is 4.84. The summed E-state index contributed by atoms with van der Waals surface area (Å²) in [5, 5.41) is 11.9. The summed E-state index contributed by atoms with van der Waals surface area (Å²) in [5.74, 6) is -1.65. The molecule has 1 aromatic carbocycles. The number of carbonyl (C=O) groups is 3. The fourth-order valence-corrected chi connectivity index (χ4v) is 3.34. The van der Waals surface area contributed by atoms with Crippen LogP contribution in [0, 0.1) is 17.8 Å². The molecule has 2 aliphatic rings. The van der Waals surface area contributed by atoms with Crippen LogP contribution in [0.2, 0.25) is 0 Å². The zero-order valence-electron chi connectivity index (χ0n) is 13.5.